The summed E-state index contributed by atoms with van der Waals surface area (Å²) in [5, 5.41) is 1.90. The maximum atomic E-state index is 10.8. The van der Waals surface area contributed by atoms with Crippen LogP contribution in [0.4, 0.5) is 5.69 Å². The maximum Gasteiger partial charge on any atom is 0.152 e. The maximum absolute atomic E-state index is 10.8. The topological polar surface area (TPSA) is 43.1 Å². The van der Waals surface area contributed by atoms with Crippen LogP contribution < -0.4 is 5.73 Å². The quantitative estimate of drug-likeness (QED) is 0.624. The molecule has 0 aliphatic heterocycles. The van der Waals surface area contributed by atoms with E-state index in [0.717, 1.165) is 21.5 Å². The van der Waals surface area contributed by atoms with Crippen molar-refractivity contribution in [2.75, 3.05) is 5.73 Å². The zero-order valence-electron chi connectivity index (χ0n) is 7.33. The van der Waals surface area contributed by atoms with Crippen LogP contribution in [0.5, 0.6) is 0 Å². The lowest BCUT2D eigenvalue weighted by Crippen LogP contribution is -1.93. The molecule has 2 rings (SSSR count). The van der Waals surface area contributed by atoms with Gasteiger partial charge in [0.15, 0.2) is 6.29 Å². The first kappa shape index (κ1) is 9.21. The first-order valence-electron chi connectivity index (χ1n) is 4.15. The standard InChI is InChI=1S/C11H8BrNO/c12-8-2-3-9-7(5-8)1-4-11(13)10(9)6-14/h1-6H,13H2. The number of aldehydes is 1. The van der Waals surface area contributed by atoms with Crippen molar-refractivity contribution in [2.24, 2.45) is 0 Å². The van der Waals surface area contributed by atoms with E-state index in [-0.39, 0.29) is 0 Å². The van der Waals surface area contributed by atoms with Gasteiger partial charge in [-0.15, -0.1) is 0 Å². The van der Waals surface area contributed by atoms with Crippen molar-refractivity contribution in [1.82, 2.24) is 0 Å². The van der Waals surface area contributed by atoms with E-state index in [1.54, 1.807) is 6.07 Å². The van der Waals surface area contributed by atoms with Crippen LogP contribution in [0.1, 0.15) is 10.4 Å². The number of anilines is 1. The number of nitrogen functional groups attached to an aromatic ring is 1. The largest absolute Gasteiger partial charge is 0.398 e. The van der Waals surface area contributed by atoms with Crippen LogP contribution in [-0.2, 0) is 0 Å². The van der Waals surface area contributed by atoms with Crippen molar-refractivity contribution >= 4 is 38.7 Å². The summed E-state index contributed by atoms with van der Waals surface area (Å²) in [5.74, 6) is 0. The SMILES string of the molecule is Nc1ccc2cc(Br)ccc2c1C=O. The van der Waals surface area contributed by atoms with Crippen LogP contribution in [0.25, 0.3) is 10.8 Å². The zero-order chi connectivity index (χ0) is 10.1. The summed E-state index contributed by atoms with van der Waals surface area (Å²) in [6.45, 7) is 0. The monoisotopic (exact) mass is 249 g/mol. The number of nitrogens with two attached hydrogens (primary N) is 1. The minimum absolute atomic E-state index is 0.523. The van der Waals surface area contributed by atoms with E-state index in [0.29, 0.717) is 11.3 Å². The van der Waals surface area contributed by atoms with Crippen molar-refractivity contribution < 1.29 is 4.79 Å². The van der Waals surface area contributed by atoms with Crippen LogP contribution in [0.15, 0.2) is 34.8 Å². The normalized spacial score (nSPS) is 10.4. The highest BCUT2D eigenvalue weighted by molar-refractivity contribution is 9.10. The molecule has 0 saturated heterocycles. The molecule has 0 unspecified atom stereocenters. The van der Waals surface area contributed by atoms with Crippen molar-refractivity contribution in [3.8, 4) is 0 Å². The van der Waals surface area contributed by atoms with Gasteiger partial charge in [0.1, 0.15) is 0 Å². The molecule has 2 nitrogen and oxygen atoms in total. The minimum Gasteiger partial charge on any atom is -0.398 e. The lowest BCUT2D eigenvalue weighted by molar-refractivity contribution is 0.112. The van der Waals surface area contributed by atoms with E-state index in [9.17, 15) is 4.79 Å². The number of hydrogen-bond acceptors (Lipinski definition) is 2. The molecule has 0 saturated carbocycles. The molecule has 14 heavy (non-hydrogen) atoms. The Hall–Kier alpha value is -1.35. The van der Waals surface area contributed by atoms with Crippen LogP contribution in [-0.4, -0.2) is 6.29 Å². The van der Waals surface area contributed by atoms with Gasteiger partial charge in [0.2, 0.25) is 0 Å². The van der Waals surface area contributed by atoms with E-state index in [1.165, 1.54) is 0 Å². The van der Waals surface area contributed by atoms with Gasteiger partial charge in [-0.05, 0) is 29.0 Å². The molecule has 2 aromatic rings. The highest BCUT2D eigenvalue weighted by Crippen LogP contribution is 2.25. The van der Waals surface area contributed by atoms with Crippen molar-refractivity contribution in [3.05, 3.63) is 40.4 Å². The van der Waals surface area contributed by atoms with E-state index in [2.05, 4.69) is 15.9 Å². The predicted octanol–water partition coefficient (Wildman–Crippen LogP) is 3.00. The van der Waals surface area contributed by atoms with Gasteiger partial charge in [-0.2, -0.15) is 0 Å². The number of carbonyl (C=O) groups is 1. The van der Waals surface area contributed by atoms with Gasteiger partial charge in [-0.1, -0.05) is 28.1 Å². The third-order valence-corrected chi connectivity index (χ3v) is 2.67. The summed E-state index contributed by atoms with van der Waals surface area (Å²) >= 11 is 3.38. The molecule has 0 fully saturated rings. The van der Waals surface area contributed by atoms with Gasteiger partial charge in [0.25, 0.3) is 0 Å². The zero-order valence-corrected chi connectivity index (χ0v) is 8.91. The second-order valence-corrected chi connectivity index (χ2v) is 3.97. The average molecular weight is 250 g/mol. The van der Waals surface area contributed by atoms with Gasteiger partial charge in [-0.3, -0.25) is 4.79 Å². The summed E-state index contributed by atoms with van der Waals surface area (Å²) in [4.78, 5) is 10.8. The Morgan fingerprint density at radius 1 is 1.21 bits per heavy atom. The highest BCUT2D eigenvalue weighted by atomic mass is 79.9. The summed E-state index contributed by atoms with van der Waals surface area (Å²) < 4.78 is 0.992. The second kappa shape index (κ2) is 3.42. The molecule has 0 aliphatic carbocycles. The van der Waals surface area contributed by atoms with Gasteiger partial charge < -0.3 is 5.73 Å². The van der Waals surface area contributed by atoms with Crippen molar-refractivity contribution in [3.63, 3.8) is 0 Å². The van der Waals surface area contributed by atoms with Gasteiger partial charge in [0, 0.05) is 15.7 Å². The predicted molar refractivity (Wildman–Crippen MR) is 61.4 cm³/mol. The van der Waals surface area contributed by atoms with Gasteiger partial charge in [0.05, 0.1) is 0 Å². The Balaban J connectivity index is 2.88. The third kappa shape index (κ3) is 1.40. The Kier molecular flexibility index (Phi) is 2.25. The van der Waals surface area contributed by atoms with Crippen LogP contribution in [0, 0.1) is 0 Å². The van der Waals surface area contributed by atoms with E-state index in [4.69, 9.17) is 5.73 Å². The minimum atomic E-state index is 0.523. The molecular formula is C11H8BrNO. The molecule has 2 aromatic carbocycles. The first-order valence-corrected chi connectivity index (χ1v) is 4.94. The molecule has 0 aromatic heterocycles. The molecule has 70 valence electrons. The molecule has 2 N–H and O–H groups in total. The molecule has 0 spiro atoms. The fourth-order valence-corrected chi connectivity index (χ4v) is 1.85. The molecule has 0 bridgehead atoms. The smallest absolute Gasteiger partial charge is 0.152 e. The number of fused-ring (bicyclic) bond motifs is 1. The second-order valence-electron chi connectivity index (χ2n) is 3.05. The van der Waals surface area contributed by atoms with Crippen molar-refractivity contribution in [2.45, 2.75) is 0 Å². The number of carbonyl (C=O) groups excluding carboxylic acids is 1. The van der Waals surface area contributed by atoms with Crippen LogP contribution in [0.3, 0.4) is 0 Å². The van der Waals surface area contributed by atoms with Gasteiger partial charge >= 0.3 is 0 Å². The molecule has 0 atom stereocenters. The Morgan fingerprint density at radius 2 is 2.00 bits per heavy atom. The number of halogens is 1. The number of rotatable bonds is 1. The molecule has 0 radical (unpaired) electrons. The molecule has 3 heteroatoms. The first-order chi connectivity index (χ1) is 6.72. The summed E-state index contributed by atoms with van der Waals surface area (Å²) in [6.07, 6.45) is 0.797. The summed E-state index contributed by atoms with van der Waals surface area (Å²) in [5.41, 5.74) is 6.78. The Bertz CT molecular complexity index is 508. The summed E-state index contributed by atoms with van der Waals surface area (Å²) in [6, 6.07) is 9.40. The Morgan fingerprint density at radius 3 is 2.71 bits per heavy atom. The fourth-order valence-electron chi connectivity index (χ4n) is 1.47. The van der Waals surface area contributed by atoms with Crippen LogP contribution >= 0.6 is 15.9 Å². The fraction of sp³-hybridized carbons (Fsp3) is 0. The molecule has 0 amide bonds. The lowest BCUT2D eigenvalue weighted by atomic mass is 10.0. The summed E-state index contributed by atoms with van der Waals surface area (Å²) in [7, 11) is 0. The van der Waals surface area contributed by atoms with Crippen molar-refractivity contribution in [1.29, 1.82) is 0 Å². The van der Waals surface area contributed by atoms with E-state index < -0.39 is 0 Å². The van der Waals surface area contributed by atoms with Crippen LogP contribution in [0.2, 0.25) is 0 Å². The molecule has 0 heterocycles. The van der Waals surface area contributed by atoms with E-state index >= 15 is 0 Å². The lowest BCUT2D eigenvalue weighted by Gasteiger charge is -2.04. The van der Waals surface area contributed by atoms with Gasteiger partial charge in [-0.25, -0.2) is 0 Å². The number of benzene rings is 2. The number of hydrogen-bond donors (Lipinski definition) is 1. The Labute approximate surface area is 89.8 Å². The third-order valence-electron chi connectivity index (χ3n) is 2.18. The molecular weight excluding hydrogens is 242 g/mol. The highest BCUT2D eigenvalue weighted by Gasteiger charge is 2.03. The molecule has 0 aliphatic rings. The van der Waals surface area contributed by atoms with E-state index in [1.807, 2.05) is 24.3 Å². The average Bonchev–Trinajstić information content (AvgIpc) is 2.18.